The minimum absolute atomic E-state index is 0.0497. The quantitative estimate of drug-likeness (QED) is 0.206. The summed E-state index contributed by atoms with van der Waals surface area (Å²) in [6.45, 7) is 1.77. The van der Waals surface area contributed by atoms with Gasteiger partial charge in [0, 0.05) is 22.2 Å². The van der Waals surface area contributed by atoms with E-state index in [1.165, 1.54) is 42.9 Å². The Balaban J connectivity index is 1.73. The van der Waals surface area contributed by atoms with Crippen molar-refractivity contribution in [3.8, 4) is 11.5 Å². The Morgan fingerprint density at radius 2 is 2.03 bits per heavy atom. The molecule has 0 spiro atoms. The van der Waals surface area contributed by atoms with Crippen molar-refractivity contribution in [2.45, 2.75) is 6.92 Å². The number of benzene rings is 2. The highest BCUT2D eigenvalue weighted by Crippen LogP contribution is 2.36. The second-order valence-corrected chi connectivity index (χ2v) is 7.91. The van der Waals surface area contributed by atoms with Crippen molar-refractivity contribution in [3.05, 3.63) is 62.0 Å². The van der Waals surface area contributed by atoms with Gasteiger partial charge in [0.2, 0.25) is 0 Å². The number of carbonyl (C=O) groups is 2. The highest BCUT2D eigenvalue weighted by atomic mass is 35.5. The van der Waals surface area contributed by atoms with Gasteiger partial charge in [-0.3, -0.25) is 14.9 Å². The van der Waals surface area contributed by atoms with Crippen LogP contribution in [0.3, 0.4) is 0 Å². The van der Waals surface area contributed by atoms with Gasteiger partial charge in [-0.2, -0.15) is 5.10 Å². The Morgan fingerprint density at radius 3 is 2.73 bits per heavy atom. The normalized spacial score (nSPS) is 10.9. The molecule has 3 aromatic rings. The smallest absolute Gasteiger partial charge is 0.343 e. The zero-order valence-electron chi connectivity index (χ0n) is 17.5. The van der Waals surface area contributed by atoms with Crippen LogP contribution in [0.15, 0.2) is 41.5 Å². The average Bonchev–Trinajstić information content (AvgIpc) is 3.22. The molecular formula is C21H18ClN3O7S. The molecule has 12 heteroatoms. The number of ether oxygens (including phenoxy) is 3. The number of hydrogen-bond acceptors (Lipinski definition) is 9. The first kappa shape index (κ1) is 24.0. The highest BCUT2D eigenvalue weighted by Gasteiger charge is 2.15. The van der Waals surface area contributed by atoms with Crippen molar-refractivity contribution in [3.63, 3.8) is 0 Å². The fourth-order valence-electron chi connectivity index (χ4n) is 2.73. The number of thiophene rings is 1. The first-order valence-corrected chi connectivity index (χ1v) is 10.7. The van der Waals surface area contributed by atoms with Gasteiger partial charge >= 0.3 is 5.97 Å². The van der Waals surface area contributed by atoms with Gasteiger partial charge in [0.15, 0.2) is 18.1 Å². The van der Waals surface area contributed by atoms with Crippen LogP contribution < -0.4 is 14.9 Å². The lowest BCUT2D eigenvalue weighted by Gasteiger charge is -2.13. The lowest BCUT2D eigenvalue weighted by molar-refractivity contribution is -0.384. The molecule has 1 amide bonds. The van der Waals surface area contributed by atoms with Gasteiger partial charge in [0.1, 0.15) is 0 Å². The van der Waals surface area contributed by atoms with Gasteiger partial charge in [0.05, 0.1) is 34.8 Å². The van der Waals surface area contributed by atoms with E-state index in [1.54, 1.807) is 25.1 Å². The van der Waals surface area contributed by atoms with E-state index < -0.39 is 16.8 Å². The number of hydrogen-bond donors (Lipinski definition) is 1. The Bertz CT molecular complexity index is 1240. The number of nitrogens with zero attached hydrogens (tertiary/aromatic N) is 2. The number of nitrogens with one attached hydrogen (secondary N) is 1. The second-order valence-electron chi connectivity index (χ2n) is 6.42. The number of nitro benzene ring substituents is 1. The maximum Gasteiger partial charge on any atom is 0.343 e. The van der Waals surface area contributed by atoms with E-state index in [0.717, 1.165) is 4.70 Å². The molecule has 0 aliphatic heterocycles. The van der Waals surface area contributed by atoms with Crippen LogP contribution in [0.4, 0.5) is 5.69 Å². The Hall–Kier alpha value is -3.70. The van der Waals surface area contributed by atoms with E-state index in [-0.39, 0.29) is 23.1 Å². The van der Waals surface area contributed by atoms with Gasteiger partial charge in [-0.1, -0.05) is 11.6 Å². The number of carbonyl (C=O) groups excluding carboxylic acids is 2. The van der Waals surface area contributed by atoms with Crippen LogP contribution in [-0.4, -0.2) is 43.3 Å². The molecule has 1 N–H and O–H groups in total. The van der Waals surface area contributed by atoms with Crippen LogP contribution in [0.1, 0.15) is 22.2 Å². The molecule has 10 nitrogen and oxygen atoms in total. The summed E-state index contributed by atoms with van der Waals surface area (Å²) in [5, 5.41) is 15.6. The van der Waals surface area contributed by atoms with Crippen molar-refractivity contribution in [2.24, 2.45) is 5.10 Å². The third kappa shape index (κ3) is 5.96. The van der Waals surface area contributed by atoms with E-state index in [9.17, 15) is 19.7 Å². The number of nitro groups is 1. The predicted molar refractivity (Wildman–Crippen MR) is 124 cm³/mol. The fourth-order valence-corrected chi connectivity index (χ4v) is 3.94. The monoisotopic (exact) mass is 491 g/mol. The lowest BCUT2D eigenvalue weighted by Crippen LogP contribution is -2.16. The number of halogens is 1. The summed E-state index contributed by atoms with van der Waals surface area (Å²) in [6, 6.07) is 9.08. The van der Waals surface area contributed by atoms with Gasteiger partial charge in [-0.05, 0) is 36.8 Å². The van der Waals surface area contributed by atoms with Crippen LogP contribution in [0.5, 0.6) is 11.5 Å². The highest BCUT2D eigenvalue weighted by molar-refractivity contribution is 7.20. The summed E-state index contributed by atoms with van der Waals surface area (Å²) in [6.07, 6.45) is 1.37. The van der Waals surface area contributed by atoms with Crippen molar-refractivity contribution >= 4 is 56.8 Å². The number of fused-ring (bicyclic) bond motifs is 1. The summed E-state index contributed by atoms with van der Waals surface area (Å²) in [7, 11) is 1.24. The summed E-state index contributed by atoms with van der Waals surface area (Å²) < 4.78 is 16.2. The number of hydrazone groups is 1. The zero-order valence-corrected chi connectivity index (χ0v) is 19.1. The largest absolute Gasteiger partial charge is 0.490 e. The minimum Gasteiger partial charge on any atom is -0.490 e. The van der Waals surface area contributed by atoms with Crippen molar-refractivity contribution in [1.82, 2.24) is 5.43 Å². The van der Waals surface area contributed by atoms with E-state index >= 15 is 0 Å². The molecule has 0 aliphatic rings. The number of rotatable bonds is 9. The van der Waals surface area contributed by atoms with E-state index in [0.29, 0.717) is 28.2 Å². The van der Waals surface area contributed by atoms with Crippen LogP contribution >= 0.6 is 22.9 Å². The molecule has 3 rings (SSSR count). The Labute approximate surface area is 196 Å². The molecule has 0 atom stereocenters. The Kier molecular flexibility index (Phi) is 7.80. The molecular weight excluding hydrogens is 474 g/mol. The first-order chi connectivity index (χ1) is 15.8. The van der Waals surface area contributed by atoms with Gasteiger partial charge in [-0.25, -0.2) is 10.2 Å². The predicted octanol–water partition coefficient (Wildman–Crippen LogP) is 4.18. The van der Waals surface area contributed by atoms with E-state index in [2.05, 4.69) is 15.3 Å². The fraction of sp³-hybridized carbons (Fsp3) is 0.190. The molecule has 0 unspecified atom stereocenters. The molecule has 2 aromatic carbocycles. The molecule has 33 heavy (non-hydrogen) atoms. The van der Waals surface area contributed by atoms with Crippen molar-refractivity contribution in [2.75, 3.05) is 20.3 Å². The molecule has 0 radical (unpaired) electrons. The van der Waals surface area contributed by atoms with E-state index in [1.807, 2.05) is 0 Å². The van der Waals surface area contributed by atoms with E-state index in [4.69, 9.17) is 21.1 Å². The molecule has 1 aromatic heterocycles. The second kappa shape index (κ2) is 10.7. The van der Waals surface area contributed by atoms with Gasteiger partial charge in [-0.15, -0.1) is 11.3 Å². The summed E-state index contributed by atoms with van der Waals surface area (Å²) in [5.41, 5.74) is 2.87. The Morgan fingerprint density at radius 1 is 1.24 bits per heavy atom. The molecule has 0 bridgehead atoms. The van der Waals surface area contributed by atoms with Crippen LogP contribution in [0, 0.1) is 10.1 Å². The van der Waals surface area contributed by atoms with Crippen LogP contribution in [0.25, 0.3) is 10.1 Å². The molecule has 0 saturated heterocycles. The van der Waals surface area contributed by atoms with Crippen molar-refractivity contribution < 1.29 is 28.7 Å². The van der Waals surface area contributed by atoms with Gasteiger partial charge < -0.3 is 14.2 Å². The molecule has 0 aliphatic carbocycles. The third-order valence-corrected chi connectivity index (χ3v) is 5.60. The van der Waals surface area contributed by atoms with Crippen molar-refractivity contribution in [1.29, 1.82) is 0 Å². The third-order valence-electron chi connectivity index (χ3n) is 4.21. The molecule has 0 fully saturated rings. The molecule has 172 valence electrons. The van der Waals surface area contributed by atoms with Crippen LogP contribution in [0.2, 0.25) is 5.02 Å². The summed E-state index contributed by atoms with van der Waals surface area (Å²) in [4.78, 5) is 34.5. The topological polar surface area (TPSA) is 129 Å². The molecule has 1 heterocycles. The standard InChI is InChI=1S/C21H18ClN3O7S/c1-3-31-16-7-12(6-15(22)20(16)32-11-19(26)30-2)10-23-24-21(27)18-9-13-8-14(25(28)29)4-5-17(13)33-18/h4-10H,3,11H2,1-2H3,(H,24,27). The number of non-ortho nitro benzene ring substituents is 1. The average molecular weight is 492 g/mol. The van der Waals surface area contributed by atoms with Crippen LogP contribution in [-0.2, 0) is 9.53 Å². The lowest BCUT2D eigenvalue weighted by atomic mass is 10.2. The number of esters is 1. The van der Waals surface area contributed by atoms with Gasteiger partial charge in [0.25, 0.3) is 11.6 Å². The maximum atomic E-state index is 12.4. The SMILES string of the molecule is CCOc1cc(C=NNC(=O)c2cc3cc([N+](=O)[O-])ccc3s2)cc(Cl)c1OCC(=O)OC. The minimum atomic E-state index is -0.572. The molecule has 0 saturated carbocycles. The first-order valence-electron chi connectivity index (χ1n) is 9.49. The zero-order chi connectivity index (χ0) is 24.0. The number of methoxy groups -OCH3 is 1. The number of amides is 1. The maximum absolute atomic E-state index is 12.4. The summed E-state index contributed by atoms with van der Waals surface area (Å²) in [5.74, 6) is -0.556. The summed E-state index contributed by atoms with van der Waals surface area (Å²) >= 11 is 7.45.